The van der Waals surface area contributed by atoms with Crippen molar-refractivity contribution in [3.8, 4) is 0 Å². The molecule has 6 nitrogen and oxygen atoms in total. The van der Waals surface area contributed by atoms with E-state index in [0.717, 1.165) is 47.7 Å². The first-order valence-corrected chi connectivity index (χ1v) is 12.7. The number of nitrogens with one attached hydrogen (secondary N) is 1. The molecule has 1 aliphatic heterocycles. The predicted molar refractivity (Wildman–Crippen MR) is 133 cm³/mol. The minimum atomic E-state index is -3.60. The van der Waals surface area contributed by atoms with Crippen LogP contribution in [0.4, 0.5) is 4.39 Å². The summed E-state index contributed by atoms with van der Waals surface area (Å²) in [7, 11) is -3.60. The van der Waals surface area contributed by atoms with E-state index in [2.05, 4.69) is 21.7 Å². The number of nitrogens with zero attached hydrogens (tertiary/aromatic N) is 2. The fourth-order valence-electron chi connectivity index (χ4n) is 4.71. The van der Waals surface area contributed by atoms with Crippen LogP contribution in [0.3, 0.4) is 0 Å². The van der Waals surface area contributed by atoms with Gasteiger partial charge in [-0.15, -0.1) is 12.4 Å². The van der Waals surface area contributed by atoms with Crippen molar-refractivity contribution in [2.75, 3.05) is 13.1 Å². The van der Waals surface area contributed by atoms with Crippen molar-refractivity contribution in [2.24, 2.45) is 0 Å². The molecule has 34 heavy (non-hydrogen) atoms. The molecule has 5 rings (SSSR count). The average Bonchev–Trinajstić information content (AvgIpc) is 3.35. The molecule has 0 saturated carbocycles. The van der Waals surface area contributed by atoms with Crippen LogP contribution in [0.5, 0.6) is 0 Å². The molecule has 1 N–H and O–H groups in total. The molecule has 1 saturated heterocycles. The number of aryl methyl sites for hydroxylation is 1. The van der Waals surface area contributed by atoms with Crippen LogP contribution in [0.25, 0.3) is 21.7 Å². The second kappa shape index (κ2) is 10.00. The van der Waals surface area contributed by atoms with E-state index >= 15 is 0 Å². The van der Waals surface area contributed by atoms with Gasteiger partial charge in [0.2, 0.25) is 10.0 Å². The Bertz CT molecular complexity index is 1410. The van der Waals surface area contributed by atoms with Crippen molar-refractivity contribution >= 4 is 44.2 Å². The van der Waals surface area contributed by atoms with Crippen LogP contribution >= 0.6 is 12.4 Å². The lowest BCUT2D eigenvalue weighted by atomic mass is 10.1. The normalized spacial score (nSPS) is 19.0. The van der Waals surface area contributed by atoms with Crippen molar-refractivity contribution in [3.63, 3.8) is 0 Å². The lowest BCUT2D eigenvalue weighted by Crippen LogP contribution is -2.37. The third kappa shape index (κ3) is 5.10. The van der Waals surface area contributed by atoms with Gasteiger partial charge in [-0.3, -0.25) is 4.90 Å². The number of benzene rings is 3. The van der Waals surface area contributed by atoms with Gasteiger partial charge < -0.3 is 4.52 Å². The summed E-state index contributed by atoms with van der Waals surface area (Å²) in [6.45, 7) is 3.61. The highest BCUT2D eigenvalue weighted by molar-refractivity contribution is 7.89. The summed E-state index contributed by atoms with van der Waals surface area (Å²) in [5, 5.41) is 6.85. The topological polar surface area (TPSA) is 75.4 Å². The zero-order chi connectivity index (χ0) is 23.0. The first kappa shape index (κ1) is 24.6. The molecule has 4 aromatic rings. The van der Waals surface area contributed by atoms with E-state index in [9.17, 15) is 12.8 Å². The van der Waals surface area contributed by atoms with Crippen molar-refractivity contribution in [2.45, 2.75) is 43.2 Å². The van der Waals surface area contributed by atoms with E-state index in [1.54, 1.807) is 18.2 Å². The van der Waals surface area contributed by atoms with Crippen molar-refractivity contribution in [1.29, 1.82) is 0 Å². The van der Waals surface area contributed by atoms with Crippen LogP contribution in [0.1, 0.15) is 25.5 Å². The Labute approximate surface area is 204 Å². The highest BCUT2D eigenvalue weighted by atomic mass is 35.5. The SMILES string of the molecule is C[C@H]1C[C@H](NS(=O)(=O)c2ccc3ccccc3c2)CN1CCCc1noc2cc(F)ccc12.Cl. The summed E-state index contributed by atoms with van der Waals surface area (Å²) in [6, 6.07) is 17.6. The smallest absolute Gasteiger partial charge is 0.240 e. The van der Waals surface area contributed by atoms with E-state index in [0.29, 0.717) is 17.0 Å². The van der Waals surface area contributed by atoms with Gasteiger partial charge >= 0.3 is 0 Å². The van der Waals surface area contributed by atoms with Gasteiger partial charge in [0.1, 0.15) is 5.82 Å². The number of hydrogen-bond acceptors (Lipinski definition) is 5. The summed E-state index contributed by atoms with van der Waals surface area (Å²) in [5.74, 6) is -0.340. The van der Waals surface area contributed by atoms with Crippen molar-refractivity contribution in [1.82, 2.24) is 14.8 Å². The molecule has 1 aliphatic rings. The molecule has 0 unspecified atom stereocenters. The average molecular weight is 504 g/mol. The van der Waals surface area contributed by atoms with E-state index < -0.39 is 10.0 Å². The molecular formula is C25H27ClFN3O3S. The van der Waals surface area contributed by atoms with Gasteiger partial charge in [-0.1, -0.05) is 35.5 Å². The summed E-state index contributed by atoms with van der Waals surface area (Å²) < 4.78 is 47.4. The number of sulfonamides is 1. The predicted octanol–water partition coefficient (Wildman–Crippen LogP) is 4.92. The molecule has 2 heterocycles. The monoisotopic (exact) mass is 503 g/mol. The Kier molecular flexibility index (Phi) is 7.23. The highest BCUT2D eigenvalue weighted by Crippen LogP contribution is 2.24. The maximum absolute atomic E-state index is 13.3. The molecule has 180 valence electrons. The second-order valence-electron chi connectivity index (χ2n) is 8.78. The maximum atomic E-state index is 13.3. The van der Waals surface area contributed by atoms with Gasteiger partial charge in [-0.25, -0.2) is 17.5 Å². The molecule has 9 heteroatoms. The number of aromatic nitrogens is 1. The van der Waals surface area contributed by atoms with Crippen molar-refractivity contribution in [3.05, 3.63) is 72.2 Å². The Morgan fingerprint density at radius 2 is 1.91 bits per heavy atom. The van der Waals surface area contributed by atoms with Crippen LogP contribution in [-0.4, -0.2) is 43.6 Å². The summed E-state index contributed by atoms with van der Waals surface area (Å²) in [6.07, 6.45) is 2.34. The fourth-order valence-corrected chi connectivity index (χ4v) is 5.99. The highest BCUT2D eigenvalue weighted by Gasteiger charge is 2.32. The number of fused-ring (bicyclic) bond motifs is 2. The van der Waals surface area contributed by atoms with E-state index in [-0.39, 0.29) is 30.3 Å². The molecule has 0 bridgehead atoms. The third-order valence-electron chi connectivity index (χ3n) is 6.42. The third-order valence-corrected chi connectivity index (χ3v) is 7.94. The summed E-state index contributed by atoms with van der Waals surface area (Å²) >= 11 is 0. The number of likely N-dealkylation sites (tertiary alicyclic amines) is 1. The van der Waals surface area contributed by atoms with Gasteiger partial charge in [-0.05, 0) is 67.8 Å². The van der Waals surface area contributed by atoms with E-state index in [4.69, 9.17) is 4.52 Å². The lowest BCUT2D eigenvalue weighted by molar-refractivity contribution is 0.263. The number of hydrogen-bond donors (Lipinski definition) is 1. The van der Waals surface area contributed by atoms with Crippen LogP contribution in [0, 0.1) is 5.82 Å². The molecule has 0 aliphatic carbocycles. The Hall–Kier alpha value is -2.52. The first-order valence-electron chi connectivity index (χ1n) is 11.2. The molecule has 1 fully saturated rings. The number of rotatable bonds is 7. The zero-order valence-electron chi connectivity index (χ0n) is 18.8. The summed E-state index contributed by atoms with van der Waals surface area (Å²) in [5.41, 5.74) is 1.29. The molecule has 0 spiro atoms. The van der Waals surface area contributed by atoms with Gasteiger partial charge in [0.05, 0.1) is 10.6 Å². The minimum absolute atomic E-state index is 0. The van der Waals surface area contributed by atoms with Crippen molar-refractivity contribution < 1.29 is 17.3 Å². The van der Waals surface area contributed by atoms with Crippen LogP contribution < -0.4 is 4.72 Å². The minimum Gasteiger partial charge on any atom is -0.356 e. The molecule has 0 amide bonds. The van der Waals surface area contributed by atoms with Gasteiger partial charge in [0, 0.05) is 30.1 Å². The maximum Gasteiger partial charge on any atom is 0.240 e. The second-order valence-corrected chi connectivity index (χ2v) is 10.5. The summed E-state index contributed by atoms with van der Waals surface area (Å²) in [4.78, 5) is 2.59. The van der Waals surface area contributed by atoms with E-state index in [1.165, 1.54) is 12.1 Å². The molecular weight excluding hydrogens is 477 g/mol. The van der Waals surface area contributed by atoms with Crippen LogP contribution in [-0.2, 0) is 16.4 Å². The molecule has 1 aromatic heterocycles. The zero-order valence-corrected chi connectivity index (χ0v) is 20.4. The first-order chi connectivity index (χ1) is 15.9. The fraction of sp³-hybridized carbons (Fsp3) is 0.320. The largest absolute Gasteiger partial charge is 0.356 e. The lowest BCUT2D eigenvalue weighted by Gasteiger charge is -2.20. The Morgan fingerprint density at radius 1 is 1.12 bits per heavy atom. The van der Waals surface area contributed by atoms with Crippen LogP contribution in [0.2, 0.25) is 0 Å². The van der Waals surface area contributed by atoms with Gasteiger partial charge in [-0.2, -0.15) is 0 Å². The van der Waals surface area contributed by atoms with Gasteiger partial charge in [0.25, 0.3) is 0 Å². The number of halogens is 2. The molecule has 3 aromatic carbocycles. The molecule has 0 radical (unpaired) electrons. The van der Waals surface area contributed by atoms with Gasteiger partial charge in [0.15, 0.2) is 5.58 Å². The Balaban J connectivity index is 0.00000274. The molecule has 2 atom stereocenters. The standard InChI is InChI=1S/C25H26FN3O3S.ClH/c1-17-13-21(28-33(30,31)22-10-8-18-5-2-3-6-19(18)14-22)16-29(17)12-4-7-24-23-11-9-20(26)15-25(23)32-27-24;/h2-3,5-6,8-11,14-15,17,21,28H,4,7,12-13,16H2,1H3;1H/t17-,21-;/m0./s1. The van der Waals surface area contributed by atoms with E-state index in [1.807, 2.05) is 30.3 Å². The Morgan fingerprint density at radius 3 is 2.74 bits per heavy atom. The van der Waals surface area contributed by atoms with Crippen LogP contribution in [0.15, 0.2) is 70.1 Å². The quantitative estimate of drug-likeness (QED) is 0.387.